The first-order valence-electron chi connectivity index (χ1n) is 12.2. The Morgan fingerprint density at radius 2 is 1.90 bits per heavy atom. The summed E-state index contributed by atoms with van der Waals surface area (Å²) in [7, 11) is 0. The van der Waals surface area contributed by atoms with E-state index in [4.69, 9.17) is 14.5 Å². The Hall–Kier alpha value is -2.36. The van der Waals surface area contributed by atoms with E-state index in [9.17, 15) is 4.79 Å². The second-order valence-corrected chi connectivity index (χ2v) is 9.12. The van der Waals surface area contributed by atoms with Crippen molar-refractivity contribution in [3.8, 4) is 0 Å². The fourth-order valence-corrected chi connectivity index (χ4v) is 5.16. The standard InChI is InChI=1S/C27H35NO3/c1-2-3-4-5-6-7-10-19-13-14-20(15-16-21-17-18-24(31-21)27(29)30)26-25(19)22-11-8-9-12-23(22)28-26/h13-14,17-19H,2-12,15-16H2,1H3,(H,29,30). The minimum absolute atomic E-state index is 0.0146. The number of hydrogen-bond acceptors (Lipinski definition) is 3. The Morgan fingerprint density at radius 3 is 2.71 bits per heavy atom. The molecule has 31 heavy (non-hydrogen) atoms. The van der Waals surface area contributed by atoms with Crippen LogP contribution >= 0.6 is 0 Å². The summed E-state index contributed by atoms with van der Waals surface area (Å²) in [4.78, 5) is 16.2. The Labute approximate surface area is 185 Å². The maximum atomic E-state index is 11.1. The molecule has 2 heterocycles. The Bertz CT molecular complexity index is 928. The molecule has 166 valence electrons. The molecule has 1 fully saturated rings. The number of nitrogens with zero attached hydrogens (tertiary/aromatic N) is 1. The normalized spacial score (nSPS) is 20.2. The average Bonchev–Trinajstić information content (AvgIpc) is 3.40. The fourth-order valence-electron chi connectivity index (χ4n) is 5.16. The van der Waals surface area contributed by atoms with E-state index in [2.05, 4.69) is 19.1 Å². The van der Waals surface area contributed by atoms with E-state index in [0.717, 1.165) is 18.6 Å². The maximum Gasteiger partial charge on any atom is 0.371 e. The summed E-state index contributed by atoms with van der Waals surface area (Å²) < 4.78 is 5.46. The molecule has 1 N–H and O–H groups in total. The molecule has 0 spiro atoms. The van der Waals surface area contributed by atoms with E-state index in [-0.39, 0.29) is 5.76 Å². The first-order chi connectivity index (χ1) is 15.2. The second kappa shape index (κ2) is 10.3. The lowest BCUT2D eigenvalue weighted by Crippen LogP contribution is -2.12. The lowest BCUT2D eigenvalue weighted by atomic mass is 9.79. The van der Waals surface area contributed by atoms with Gasteiger partial charge in [-0.2, -0.15) is 0 Å². The largest absolute Gasteiger partial charge is 0.475 e. The van der Waals surface area contributed by atoms with Gasteiger partial charge >= 0.3 is 5.97 Å². The first kappa shape index (κ1) is 21.9. The molecule has 1 aromatic rings. The van der Waals surface area contributed by atoms with Crippen molar-refractivity contribution >= 4 is 11.7 Å². The molecular weight excluding hydrogens is 386 g/mol. The van der Waals surface area contributed by atoms with Gasteiger partial charge in [0.05, 0.1) is 5.70 Å². The van der Waals surface area contributed by atoms with Crippen LogP contribution in [0.2, 0.25) is 0 Å². The molecule has 0 saturated heterocycles. The molecule has 0 radical (unpaired) electrons. The summed E-state index contributed by atoms with van der Waals surface area (Å²) in [5.41, 5.74) is 6.86. The monoisotopic (exact) mass is 421 g/mol. The molecule has 3 aliphatic rings. The molecule has 4 nitrogen and oxygen atoms in total. The minimum atomic E-state index is -1.01. The number of allylic oxidation sites excluding steroid dienone is 5. The van der Waals surface area contributed by atoms with Crippen molar-refractivity contribution in [3.05, 3.63) is 58.2 Å². The highest BCUT2D eigenvalue weighted by atomic mass is 16.4. The Morgan fingerprint density at radius 1 is 1.10 bits per heavy atom. The van der Waals surface area contributed by atoms with Crippen molar-refractivity contribution in [2.75, 3.05) is 0 Å². The summed E-state index contributed by atoms with van der Waals surface area (Å²) in [6.07, 6.45) is 20.2. The van der Waals surface area contributed by atoms with Crippen LogP contribution in [0.5, 0.6) is 0 Å². The van der Waals surface area contributed by atoms with Crippen LogP contribution in [0, 0.1) is 5.92 Å². The predicted molar refractivity (Wildman–Crippen MR) is 125 cm³/mol. The molecule has 1 aromatic heterocycles. The number of unbranched alkanes of at least 4 members (excludes halogenated alkanes) is 5. The number of aromatic carboxylic acids is 1. The Balaban J connectivity index is 1.45. The van der Waals surface area contributed by atoms with Gasteiger partial charge in [0, 0.05) is 18.1 Å². The third-order valence-corrected chi connectivity index (χ3v) is 6.85. The van der Waals surface area contributed by atoms with Crippen LogP contribution in [0.15, 0.2) is 56.1 Å². The van der Waals surface area contributed by atoms with Crippen LogP contribution in [-0.4, -0.2) is 16.8 Å². The highest BCUT2D eigenvalue weighted by Gasteiger charge is 2.32. The number of carboxylic acids is 1. The van der Waals surface area contributed by atoms with Crippen molar-refractivity contribution in [2.24, 2.45) is 10.9 Å². The molecule has 4 rings (SSSR count). The van der Waals surface area contributed by atoms with Gasteiger partial charge in [-0.25, -0.2) is 4.79 Å². The van der Waals surface area contributed by atoms with E-state index < -0.39 is 5.97 Å². The number of hydrogen-bond donors (Lipinski definition) is 1. The SMILES string of the molecule is CCCCCCCCC1C=CC(CCc2ccc(C(=O)O)o2)=C2N=C3CCCCC3=C21. The third-order valence-electron chi connectivity index (χ3n) is 6.85. The zero-order chi connectivity index (χ0) is 21.6. The van der Waals surface area contributed by atoms with Crippen molar-refractivity contribution in [1.29, 1.82) is 0 Å². The molecule has 1 saturated carbocycles. The number of carbonyl (C=O) groups is 1. The van der Waals surface area contributed by atoms with E-state index >= 15 is 0 Å². The topological polar surface area (TPSA) is 62.8 Å². The number of aryl methyl sites for hydroxylation is 1. The smallest absolute Gasteiger partial charge is 0.371 e. The van der Waals surface area contributed by atoms with Gasteiger partial charge in [-0.05, 0) is 67.4 Å². The summed E-state index contributed by atoms with van der Waals surface area (Å²) in [5.74, 6) is 0.231. The molecule has 4 heteroatoms. The minimum Gasteiger partial charge on any atom is -0.475 e. The number of furan rings is 1. The highest BCUT2D eigenvalue weighted by molar-refractivity contribution is 6.06. The highest BCUT2D eigenvalue weighted by Crippen LogP contribution is 2.44. The van der Waals surface area contributed by atoms with Gasteiger partial charge in [-0.1, -0.05) is 57.6 Å². The van der Waals surface area contributed by atoms with Crippen molar-refractivity contribution < 1.29 is 14.3 Å². The van der Waals surface area contributed by atoms with Gasteiger partial charge in [-0.3, -0.25) is 4.99 Å². The van der Waals surface area contributed by atoms with Gasteiger partial charge in [0.25, 0.3) is 0 Å². The summed E-state index contributed by atoms with van der Waals surface area (Å²) in [6, 6.07) is 3.32. The second-order valence-electron chi connectivity index (χ2n) is 9.12. The predicted octanol–water partition coefficient (Wildman–Crippen LogP) is 7.43. The zero-order valence-corrected chi connectivity index (χ0v) is 18.8. The zero-order valence-electron chi connectivity index (χ0n) is 18.8. The lowest BCUT2D eigenvalue weighted by molar-refractivity contribution is 0.0660. The number of fused-ring (bicyclic) bond motifs is 2. The van der Waals surface area contributed by atoms with Crippen molar-refractivity contribution in [1.82, 2.24) is 0 Å². The van der Waals surface area contributed by atoms with E-state index in [1.807, 2.05) is 0 Å². The Kier molecular flexibility index (Phi) is 7.26. The average molecular weight is 422 g/mol. The van der Waals surface area contributed by atoms with E-state index in [1.54, 1.807) is 12.1 Å². The molecular formula is C27H35NO3. The molecule has 0 amide bonds. The lowest BCUT2D eigenvalue weighted by Gasteiger charge is -2.24. The molecule has 2 aliphatic carbocycles. The van der Waals surface area contributed by atoms with Crippen LogP contribution < -0.4 is 0 Å². The van der Waals surface area contributed by atoms with E-state index in [1.165, 1.54) is 92.3 Å². The molecule has 1 atom stereocenters. The summed E-state index contributed by atoms with van der Waals surface area (Å²) in [5, 5.41) is 9.08. The van der Waals surface area contributed by atoms with Gasteiger partial charge < -0.3 is 9.52 Å². The quantitative estimate of drug-likeness (QED) is 0.378. The van der Waals surface area contributed by atoms with Crippen LogP contribution in [0.25, 0.3) is 0 Å². The fraction of sp³-hybridized carbons (Fsp3) is 0.556. The first-order valence-corrected chi connectivity index (χ1v) is 12.2. The maximum absolute atomic E-state index is 11.1. The molecule has 1 aliphatic heterocycles. The van der Waals surface area contributed by atoms with Gasteiger partial charge in [-0.15, -0.1) is 0 Å². The van der Waals surface area contributed by atoms with Gasteiger partial charge in [0.15, 0.2) is 0 Å². The van der Waals surface area contributed by atoms with Crippen molar-refractivity contribution in [3.63, 3.8) is 0 Å². The van der Waals surface area contributed by atoms with Crippen LogP contribution in [0.1, 0.15) is 100 Å². The van der Waals surface area contributed by atoms with Gasteiger partial charge in [0.1, 0.15) is 5.76 Å². The van der Waals surface area contributed by atoms with E-state index in [0.29, 0.717) is 12.3 Å². The molecule has 0 aromatic carbocycles. The number of rotatable bonds is 11. The van der Waals surface area contributed by atoms with Crippen LogP contribution in [-0.2, 0) is 6.42 Å². The summed E-state index contributed by atoms with van der Waals surface area (Å²) >= 11 is 0. The van der Waals surface area contributed by atoms with Crippen LogP contribution in [0.4, 0.5) is 0 Å². The van der Waals surface area contributed by atoms with Crippen LogP contribution in [0.3, 0.4) is 0 Å². The third kappa shape index (κ3) is 5.11. The molecule has 0 bridgehead atoms. The number of carboxylic acid groups (broad SMARTS) is 1. The van der Waals surface area contributed by atoms with Crippen molar-refractivity contribution in [2.45, 2.75) is 90.4 Å². The number of aliphatic imine (C=N–C) groups is 1. The summed E-state index contributed by atoms with van der Waals surface area (Å²) in [6.45, 7) is 2.27. The molecule has 1 unspecified atom stereocenters. The van der Waals surface area contributed by atoms with Gasteiger partial charge in [0.2, 0.25) is 5.76 Å².